The molecule has 0 N–H and O–H groups in total. The number of halogens is 1. The van der Waals surface area contributed by atoms with Crippen LogP contribution in [0.4, 0.5) is 4.39 Å². The first-order valence-corrected chi connectivity index (χ1v) is 17.1. The van der Waals surface area contributed by atoms with Crippen molar-refractivity contribution >= 4 is 35.3 Å². The molecule has 215 valence electrons. The van der Waals surface area contributed by atoms with Gasteiger partial charge in [-0.15, -0.1) is 54.1 Å². The van der Waals surface area contributed by atoms with Gasteiger partial charge in [0.2, 0.25) is 0 Å². The fourth-order valence-corrected chi connectivity index (χ4v) is 5.73. The largest absolute Gasteiger partial charge is 0.500 e. The summed E-state index contributed by atoms with van der Waals surface area (Å²) in [5.74, 6) is 0.416. The molecule has 0 saturated heterocycles. The number of aromatic nitrogens is 4. The van der Waals surface area contributed by atoms with Crippen LogP contribution in [-0.4, -0.2) is 28.0 Å². The molecule has 0 bridgehead atoms. The number of nitrogens with zero attached hydrogens (tertiary/aromatic N) is 4. The van der Waals surface area contributed by atoms with Crippen LogP contribution < -0.4 is 5.32 Å². The Morgan fingerprint density at radius 1 is 0.721 bits per heavy atom. The molecule has 0 aliphatic heterocycles. The van der Waals surface area contributed by atoms with Crippen LogP contribution in [0.3, 0.4) is 0 Å². The van der Waals surface area contributed by atoms with Gasteiger partial charge in [0.1, 0.15) is 25.8 Å². The third-order valence-corrected chi connectivity index (χ3v) is 8.63. The summed E-state index contributed by atoms with van der Waals surface area (Å²) in [6, 6.07) is 34.4. The van der Waals surface area contributed by atoms with Gasteiger partial charge in [0.05, 0.1) is 17.0 Å². The zero-order valence-corrected chi connectivity index (χ0v) is 27.2. The average molecular weight is 759 g/mol. The Hall–Kier alpha value is -4.36. The first-order valence-electron chi connectivity index (χ1n) is 13.6. The minimum Gasteiger partial charge on any atom is -0.500 e. The summed E-state index contributed by atoms with van der Waals surface area (Å²) in [4.78, 5) is 17.2. The van der Waals surface area contributed by atoms with Gasteiger partial charge >= 0.3 is 0 Å². The second-order valence-corrected chi connectivity index (χ2v) is 15.8. The van der Waals surface area contributed by atoms with Crippen LogP contribution in [0, 0.1) is 17.9 Å². The molecule has 0 aliphatic carbocycles. The second-order valence-electron chi connectivity index (χ2n) is 10.7. The van der Waals surface area contributed by atoms with Crippen molar-refractivity contribution in [2.45, 2.75) is 19.6 Å². The zero-order valence-electron chi connectivity index (χ0n) is 23.8. The molecule has 7 aromatic rings. The smallest absolute Gasteiger partial charge is 0.134 e. The number of fused-ring (bicyclic) bond motifs is 3. The Balaban J connectivity index is 0.000000238. The number of benzene rings is 4. The third-order valence-electron chi connectivity index (χ3n) is 6.82. The Labute approximate surface area is 264 Å². The molecule has 0 aliphatic rings. The molecule has 1 radical (unpaired) electrons. The van der Waals surface area contributed by atoms with Gasteiger partial charge in [-0.3, -0.25) is 15.0 Å². The van der Waals surface area contributed by atoms with E-state index in [1.807, 2.05) is 72.8 Å². The third kappa shape index (κ3) is 6.37. The van der Waals surface area contributed by atoms with Gasteiger partial charge in [0, 0.05) is 43.2 Å². The summed E-state index contributed by atoms with van der Waals surface area (Å²) < 4.78 is 21.2. The van der Waals surface area contributed by atoms with Gasteiger partial charge in [0.15, 0.2) is 0 Å². The van der Waals surface area contributed by atoms with Crippen LogP contribution in [0.15, 0.2) is 114 Å². The molecule has 0 atom stereocenters. The number of furan rings is 1. The molecule has 3 heterocycles. The Kier molecular flexibility index (Phi) is 9.01. The quantitative estimate of drug-likeness (QED) is 0.134. The van der Waals surface area contributed by atoms with E-state index in [0.717, 1.165) is 44.3 Å². The molecule has 5 nitrogen and oxygen atoms in total. The average Bonchev–Trinajstić information content (AvgIpc) is 3.41. The molecule has 0 unspecified atom stereocenters. The fourth-order valence-electron chi connectivity index (χ4n) is 4.72. The van der Waals surface area contributed by atoms with E-state index >= 15 is 0 Å². The van der Waals surface area contributed by atoms with Crippen LogP contribution >= 0.6 is 0 Å². The van der Waals surface area contributed by atoms with Gasteiger partial charge in [0.25, 0.3) is 0 Å². The molecular weight excluding hydrogens is 732 g/mol. The first-order chi connectivity index (χ1) is 20.4. The van der Waals surface area contributed by atoms with Crippen molar-refractivity contribution in [3.05, 3.63) is 128 Å². The van der Waals surface area contributed by atoms with E-state index in [0.29, 0.717) is 16.7 Å². The van der Waals surface area contributed by atoms with Crippen molar-refractivity contribution in [2.24, 2.45) is 0 Å². The molecule has 43 heavy (non-hydrogen) atoms. The van der Waals surface area contributed by atoms with Gasteiger partial charge in [-0.1, -0.05) is 67.0 Å². The Bertz CT molecular complexity index is 1940. The van der Waals surface area contributed by atoms with E-state index in [9.17, 15) is 4.39 Å². The van der Waals surface area contributed by atoms with E-state index in [1.165, 1.54) is 6.07 Å². The number of rotatable bonds is 4. The maximum absolute atomic E-state index is 14.9. The Morgan fingerprint density at radius 3 is 2.19 bits per heavy atom. The van der Waals surface area contributed by atoms with E-state index in [2.05, 4.69) is 51.7 Å². The maximum Gasteiger partial charge on any atom is 0.134 e. The van der Waals surface area contributed by atoms with Crippen LogP contribution in [0.25, 0.3) is 55.7 Å². The number of hydrogen-bond donors (Lipinski definition) is 0. The van der Waals surface area contributed by atoms with E-state index in [1.54, 1.807) is 30.9 Å². The minimum absolute atomic E-state index is 0. The summed E-state index contributed by atoms with van der Waals surface area (Å²) in [7, 11) is -1.60. The monoisotopic (exact) mass is 759 g/mol. The summed E-state index contributed by atoms with van der Waals surface area (Å²) in [5, 5.41) is 2.87. The maximum atomic E-state index is 14.9. The standard InChI is InChI=1S/C25H20FN2OSi.C10H7N2.Ir/c1-30(2,3)22-14-21(27-15-28-22)19-11-7-10-17-18-12-13-20(26)23(25(18)29-24(17)19)16-8-5-4-6-9-16;1-2-5-9(6-3-1)10-11-7-4-8-12-10;/h4-10,12-15H,1-3H3;1-5,7-8H;/q2*-1;. The van der Waals surface area contributed by atoms with Crippen LogP contribution in [0.5, 0.6) is 0 Å². The van der Waals surface area contributed by atoms with Crippen molar-refractivity contribution in [1.82, 2.24) is 19.9 Å². The molecule has 0 fully saturated rings. The van der Waals surface area contributed by atoms with Crippen LogP contribution in [0.2, 0.25) is 19.6 Å². The Morgan fingerprint density at radius 2 is 1.47 bits per heavy atom. The van der Waals surface area contributed by atoms with Gasteiger partial charge < -0.3 is 4.42 Å². The molecule has 0 saturated carbocycles. The minimum atomic E-state index is -1.60. The summed E-state index contributed by atoms with van der Waals surface area (Å²) in [6.07, 6.45) is 5.06. The van der Waals surface area contributed by atoms with Gasteiger partial charge in [-0.25, -0.2) is 9.37 Å². The zero-order chi connectivity index (χ0) is 29.1. The van der Waals surface area contributed by atoms with Crippen molar-refractivity contribution in [1.29, 1.82) is 0 Å². The summed E-state index contributed by atoms with van der Waals surface area (Å²) >= 11 is 0. The SMILES string of the molecule is C[Si](C)(C)c1cc(-c2[c-]ccc3c2oc2c(-c4ccccc4)c(F)ccc23)ncn1.[Ir].[c-]1ccccc1-c1ncccn1. The molecular formula is C35H27FIrN4OSi-2. The predicted octanol–water partition coefficient (Wildman–Crippen LogP) is 8.14. The molecule has 0 spiro atoms. The molecule has 0 amide bonds. The van der Waals surface area contributed by atoms with Crippen LogP contribution in [0.1, 0.15) is 0 Å². The number of hydrogen-bond acceptors (Lipinski definition) is 5. The molecule has 3 aromatic heterocycles. The van der Waals surface area contributed by atoms with Gasteiger partial charge in [-0.05, 0) is 29.5 Å². The predicted molar refractivity (Wildman–Crippen MR) is 168 cm³/mol. The van der Waals surface area contributed by atoms with Gasteiger partial charge in [-0.2, -0.15) is 0 Å². The second kappa shape index (κ2) is 12.9. The molecule has 7 rings (SSSR count). The van der Waals surface area contributed by atoms with Crippen LogP contribution in [-0.2, 0) is 20.1 Å². The van der Waals surface area contributed by atoms with Crippen molar-refractivity contribution in [2.75, 3.05) is 0 Å². The molecule has 4 aromatic carbocycles. The van der Waals surface area contributed by atoms with E-state index in [4.69, 9.17) is 4.42 Å². The van der Waals surface area contributed by atoms with E-state index in [-0.39, 0.29) is 25.9 Å². The van der Waals surface area contributed by atoms with Crippen molar-refractivity contribution in [3.63, 3.8) is 0 Å². The topological polar surface area (TPSA) is 64.7 Å². The summed E-state index contributed by atoms with van der Waals surface area (Å²) in [6.45, 7) is 6.75. The van der Waals surface area contributed by atoms with Crippen molar-refractivity contribution < 1.29 is 28.9 Å². The van der Waals surface area contributed by atoms with Crippen molar-refractivity contribution in [3.8, 4) is 33.8 Å². The van der Waals surface area contributed by atoms with E-state index < -0.39 is 8.07 Å². The normalized spacial score (nSPS) is 11.1. The fraction of sp³-hybridized carbons (Fsp3) is 0.0857. The molecule has 8 heteroatoms. The summed E-state index contributed by atoms with van der Waals surface area (Å²) in [5.41, 5.74) is 4.93. The first kappa shape index (κ1) is 30.1.